The van der Waals surface area contributed by atoms with Crippen LogP contribution < -0.4 is 4.90 Å². The van der Waals surface area contributed by atoms with Crippen molar-refractivity contribution < 1.29 is 9.53 Å². The van der Waals surface area contributed by atoms with E-state index in [-0.39, 0.29) is 17.2 Å². The lowest BCUT2D eigenvalue weighted by atomic mass is 9.92. The summed E-state index contributed by atoms with van der Waals surface area (Å²) in [5.74, 6) is 0.508. The number of morpholine rings is 1. The van der Waals surface area contributed by atoms with Gasteiger partial charge in [0.25, 0.3) is 0 Å². The number of carbonyl (C=O) groups excluding carboxylic acids is 1. The van der Waals surface area contributed by atoms with Gasteiger partial charge in [0.05, 0.1) is 18.6 Å². The van der Waals surface area contributed by atoms with Crippen molar-refractivity contribution in [1.82, 2.24) is 4.90 Å². The Balaban J connectivity index is 1.41. The largest absolute Gasteiger partial charge is 0.379 e. The van der Waals surface area contributed by atoms with Crippen molar-refractivity contribution in [2.45, 2.75) is 17.8 Å². The second-order valence-electron chi connectivity index (χ2n) is 7.71. The topological polar surface area (TPSA) is 32.8 Å². The van der Waals surface area contributed by atoms with Crippen LogP contribution in [0.25, 0.3) is 0 Å². The second-order valence-corrected chi connectivity index (χ2v) is 8.14. The zero-order valence-corrected chi connectivity index (χ0v) is 16.0. The van der Waals surface area contributed by atoms with Gasteiger partial charge < -0.3 is 9.64 Å². The molecular formula is C22H23ClN2O2. The first kappa shape index (κ1) is 17.2. The molecule has 2 heterocycles. The number of benzene rings is 2. The SMILES string of the molecule is O=C1N(CCN2CCOCC2)c2ccccc2[C@]12C[C@H]2c1ccc(Cl)cc1. The standard InChI is InChI=1S/C22H23ClN2O2/c23-17-7-5-16(6-8-17)19-15-22(19)18-3-1-2-4-20(18)25(21(22)26)10-9-24-11-13-27-14-12-24/h1-8,19H,9-15H2/t19-,22-/m0/s1. The molecule has 0 aromatic heterocycles. The molecule has 4 nitrogen and oxygen atoms in total. The molecule has 5 rings (SSSR count). The highest BCUT2D eigenvalue weighted by atomic mass is 35.5. The van der Waals surface area contributed by atoms with Gasteiger partial charge in [-0.25, -0.2) is 0 Å². The number of halogens is 1. The third-order valence-electron chi connectivity index (χ3n) is 6.28. The summed E-state index contributed by atoms with van der Waals surface area (Å²) in [6.45, 7) is 5.10. The van der Waals surface area contributed by atoms with E-state index in [0.717, 1.165) is 56.5 Å². The summed E-state index contributed by atoms with van der Waals surface area (Å²) in [6.07, 6.45) is 0.887. The average Bonchev–Trinajstić information content (AvgIpc) is 3.41. The van der Waals surface area contributed by atoms with Gasteiger partial charge in [0.1, 0.15) is 0 Å². The number of rotatable bonds is 4. The van der Waals surface area contributed by atoms with Crippen LogP contribution >= 0.6 is 11.6 Å². The number of hydrogen-bond donors (Lipinski definition) is 0. The molecule has 2 aromatic rings. The first-order valence-corrected chi connectivity index (χ1v) is 10.0. The van der Waals surface area contributed by atoms with Crippen molar-refractivity contribution in [3.63, 3.8) is 0 Å². The van der Waals surface area contributed by atoms with Crippen molar-refractivity contribution in [2.75, 3.05) is 44.3 Å². The molecule has 0 N–H and O–H groups in total. The minimum absolute atomic E-state index is 0.247. The fourth-order valence-corrected chi connectivity index (χ4v) is 4.86. The van der Waals surface area contributed by atoms with Crippen LogP contribution in [0.15, 0.2) is 48.5 Å². The number of para-hydroxylation sites is 1. The number of amides is 1. The van der Waals surface area contributed by atoms with Crippen LogP contribution in [-0.2, 0) is 14.9 Å². The second kappa shape index (κ2) is 6.62. The molecule has 5 heteroatoms. The van der Waals surface area contributed by atoms with E-state index in [1.54, 1.807) is 0 Å². The molecule has 0 bridgehead atoms. The summed E-state index contributed by atoms with van der Waals surface area (Å²) >= 11 is 6.05. The van der Waals surface area contributed by atoms with Crippen LogP contribution in [0, 0.1) is 0 Å². The van der Waals surface area contributed by atoms with Crippen molar-refractivity contribution >= 4 is 23.2 Å². The maximum atomic E-state index is 13.5. The Labute approximate surface area is 164 Å². The molecule has 27 heavy (non-hydrogen) atoms. The Kier molecular flexibility index (Phi) is 4.23. The fourth-order valence-electron chi connectivity index (χ4n) is 4.73. The van der Waals surface area contributed by atoms with E-state index in [4.69, 9.17) is 16.3 Å². The van der Waals surface area contributed by atoms with Gasteiger partial charge in [0, 0.05) is 42.8 Å². The molecule has 0 unspecified atom stereocenters. The number of hydrogen-bond acceptors (Lipinski definition) is 3. The third kappa shape index (κ3) is 2.78. The van der Waals surface area contributed by atoms with Gasteiger partial charge in [-0.15, -0.1) is 0 Å². The van der Waals surface area contributed by atoms with Crippen LogP contribution in [0.3, 0.4) is 0 Å². The average molecular weight is 383 g/mol. The number of fused-ring (bicyclic) bond motifs is 2. The fraction of sp³-hybridized carbons (Fsp3) is 0.409. The van der Waals surface area contributed by atoms with E-state index >= 15 is 0 Å². The summed E-state index contributed by atoms with van der Waals surface area (Å²) in [5.41, 5.74) is 3.11. The molecule has 1 saturated carbocycles. The Morgan fingerprint density at radius 3 is 2.56 bits per heavy atom. The zero-order chi connectivity index (χ0) is 18.4. The molecule has 1 saturated heterocycles. The zero-order valence-electron chi connectivity index (χ0n) is 15.2. The summed E-state index contributed by atoms with van der Waals surface area (Å²) in [7, 11) is 0. The molecule has 2 aromatic carbocycles. The first-order valence-electron chi connectivity index (χ1n) is 9.67. The highest BCUT2D eigenvalue weighted by Crippen LogP contribution is 2.66. The van der Waals surface area contributed by atoms with Crippen molar-refractivity contribution in [3.8, 4) is 0 Å². The van der Waals surface area contributed by atoms with Crippen LogP contribution in [0.5, 0.6) is 0 Å². The summed E-state index contributed by atoms with van der Waals surface area (Å²) in [4.78, 5) is 17.9. The maximum Gasteiger partial charge on any atom is 0.238 e. The van der Waals surface area contributed by atoms with Crippen LogP contribution in [0.4, 0.5) is 5.69 Å². The molecular weight excluding hydrogens is 360 g/mol. The number of anilines is 1. The van der Waals surface area contributed by atoms with Gasteiger partial charge in [-0.3, -0.25) is 9.69 Å². The smallest absolute Gasteiger partial charge is 0.238 e. The highest BCUT2D eigenvalue weighted by Gasteiger charge is 2.66. The third-order valence-corrected chi connectivity index (χ3v) is 6.53. The lowest BCUT2D eigenvalue weighted by Gasteiger charge is -2.29. The van der Waals surface area contributed by atoms with Crippen LogP contribution in [-0.4, -0.2) is 50.2 Å². The number of ether oxygens (including phenoxy) is 1. The van der Waals surface area contributed by atoms with Gasteiger partial charge in [-0.2, -0.15) is 0 Å². The van der Waals surface area contributed by atoms with Crippen molar-refractivity contribution in [1.29, 1.82) is 0 Å². The van der Waals surface area contributed by atoms with Gasteiger partial charge in [-0.1, -0.05) is 41.9 Å². The van der Waals surface area contributed by atoms with E-state index in [1.165, 1.54) is 11.1 Å². The summed E-state index contributed by atoms with van der Waals surface area (Å²) in [5, 5.41) is 0.735. The van der Waals surface area contributed by atoms with Gasteiger partial charge in [-0.05, 0) is 35.7 Å². The lowest BCUT2D eigenvalue weighted by molar-refractivity contribution is -0.120. The van der Waals surface area contributed by atoms with E-state index in [0.29, 0.717) is 0 Å². The maximum absolute atomic E-state index is 13.5. The Morgan fingerprint density at radius 2 is 1.78 bits per heavy atom. The van der Waals surface area contributed by atoms with E-state index in [1.807, 2.05) is 23.1 Å². The first-order chi connectivity index (χ1) is 13.2. The molecule has 2 aliphatic heterocycles. The van der Waals surface area contributed by atoms with Crippen LogP contribution in [0.2, 0.25) is 5.02 Å². The van der Waals surface area contributed by atoms with Gasteiger partial charge in [0.2, 0.25) is 5.91 Å². The quantitative estimate of drug-likeness (QED) is 0.812. The van der Waals surface area contributed by atoms with E-state index in [9.17, 15) is 4.79 Å². The molecule has 2 fully saturated rings. The predicted octanol–water partition coefficient (Wildman–Crippen LogP) is 3.44. The molecule has 140 valence electrons. The number of carbonyl (C=O) groups is 1. The molecule has 0 radical (unpaired) electrons. The van der Waals surface area contributed by atoms with Crippen LogP contribution in [0.1, 0.15) is 23.5 Å². The Hall–Kier alpha value is -1.88. The normalized spacial score (nSPS) is 27.2. The lowest BCUT2D eigenvalue weighted by Crippen LogP contribution is -2.43. The summed E-state index contributed by atoms with van der Waals surface area (Å²) < 4.78 is 5.43. The highest BCUT2D eigenvalue weighted by molar-refractivity contribution is 6.30. The minimum Gasteiger partial charge on any atom is -0.379 e. The molecule has 1 spiro atoms. The molecule has 2 atom stereocenters. The van der Waals surface area contributed by atoms with Gasteiger partial charge >= 0.3 is 0 Å². The monoisotopic (exact) mass is 382 g/mol. The molecule has 1 amide bonds. The predicted molar refractivity (Wildman–Crippen MR) is 107 cm³/mol. The van der Waals surface area contributed by atoms with Crippen molar-refractivity contribution in [3.05, 3.63) is 64.7 Å². The molecule has 1 aliphatic carbocycles. The minimum atomic E-state index is -0.380. The van der Waals surface area contributed by atoms with E-state index < -0.39 is 0 Å². The van der Waals surface area contributed by atoms with Gasteiger partial charge in [0.15, 0.2) is 0 Å². The molecule has 3 aliphatic rings. The summed E-state index contributed by atoms with van der Waals surface area (Å²) in [6, 6.07) is 16.3. The Bertz CT molecular complexity index is 863. The Morgan fingerprint density at radius 1 is 1.04 bits per heavy atom. The number of nitrogens with zero attached hydrogens (tertiary/aromatic N) is 2. The van der Waals surface area contributed by atoms with E-state index in [2.05, 4.69) is 35.2 Å². The van der Waals surface area contributed by atoms with Crippen molar-refractivity contribution in [2.24, 2.45) is 0 Å².